The molecule has 0 aromatic heterocycles. The van der Waals surface area contributed by atoms with Crippen molar-refractivity contribution in [2.75, 3.05) is 0 Å². The summed E-state index contributed by atoms with van der Waals surface area (Å²) >= 11 is 0. The largest absolute Gasteiger partial charge is 0.759 e. The van der Waals surface area contributed by atoms with Crippen LogP contribution in [0, 0.1) is 0 Å². The summed E-state index contributed by atoms with van der Waals surface area (Å²) in [5.41, 5.74) is 0. The van der Waals surface area contributed by atoms with Gasteiger partial charge in [0.1, 0.15) is 0 Å². The zero-order valence-electron chi connectivity index (χ0n) is 2.42. The van der Waals surface area contributed by atoms with E-state index in [2.05, 4.69) is 0 Å². The van der Waals surface area contributed by atoms with E-state index in [1.54, 1.807) is 0 Å². The Morgan fingerprint density at radius 1 is 1.17 bits per heavy atom. The molecule has 0 aliphatic heterocycles. The molecule has 4 nitrogen and oxygen atoms in total. The van der Waals surface area contributed by atoms with Crippen LogP contribution in [0.2, 0.25) is 0 Å². The first-order chi connectivity index (χ1) is 2.00. The average Bonchev–Trinajstić information content (AvgIpc) is 0.722. The van der Waals surface area contributed by atoms with Gasteiger partial charge in [0.15, 0.2) is 0 Å². The first-order valence-electron chi connectivity index (χ1n) is 0.667. The minimum absolute atomic E-state index is 0. The molecule has 0 amide bonds. The van der Waals surface area contributed by atoms with Crippen molar-refractivity contribution < 1.29 is 34.6 Å². The molecule has 6 heavy (non-hydrogen) atoms. The van der Waals surface area contributed by atoms with Crippen LogP contribution in [0.3, 0.4) is 0 Å². The SMILES string of the molecule is O=S(=O)([O-])[O-].[Mn]. The Bertz CT molecular complexity index is 90.7. The Kier molecular flexibility index (Phi) is 4.08. The molecule has 0 spiro atoms. The fourth-order valence-corrected chi connectivity index (χ4v) is 0. The second-order valence-corrected chi connectivity index (χ2v) is 1.22. The third kappa shape index (κ3) is 332. The maximum absolute atomic E-state index is 8.52. The van der Waals surface area contributed by atoms with Crippen LogP contribution < -0.4 is 0 Å². The summed E-state index contributed by atoms with van der Waals surface area (Å²) in [7, 11) is -5.17. The summed E-state index contributed by atoms with van der Waals surface area (Å²) < 4.78 is 34.1. The van der Waals surface area contributed by atoms with Gasteiger partial charge in [0, 0.05) is 27.5 Å². The van der Waals surface area contributed by atoms with Gasteiger partial charge in [-0.2, -0.15) is 0 Å². The quantitative estimate of drug-likeness (QED) is 0.244. The van der Waals surface area contributed by atoms with Crippen molar-refractivity contribution >= 4 is 10.4 Å². The molecule has 0 aliphatic carbocycles. The van der Waals surface area contributed by atoms with Crippen LogP contribution in [0.4, 0.5) is 0 Å². The van der Waals surface area contributed by atoms with Gasteiger partial charge in [0.25, 0.3) is 0 Å². The van der Waals surface area contributed by atoms with E-state index in [4.69, 9.17) is 17.5 Å². The number of hydrogen-bond donors (Lipinski definition) is 0. The van der Waals surface area contributed by atoms with E-state index in [0.29, 0.717) is 0 Å². The third-order valence-corrected chi connectivity index (χ3v) is 0. The van der Waals surface area contributed by atoms with Crippen LogP contribution in [-0.4, -0.2) is 17.5 Å². The van der Waals surface area contributed by atoms with Crippen LogP contribution in [0.5, 0.6) is 0 Å². The third-order valence-electron chi connectivity index (χ3n) is 0. The summed E-state index contributed by atoms with van der Waals surface area (Å²) in [4.78, 5) is 0. The topological polar surface area (TPSA) is 80.3 Å². The van der Waals surface area contributed by atoms with Crippen molar-refractivity contribution in [1.29, 1.82) is 0 Å². The van der Waals surface area contributed by atoms with Crippen LogP contribution in [0.15, 0.2) is 0 Å². The predicted octanol–water partition coefficient (Wildman–Crippen LogP) is -1.34. The van der Waals surface area contributed by atoms with E-state index >= 15 is 0 Å². The molecule has 0 N–H and O–H groups in total. The molecular weight excluding hydrogens is 151 g/mol. The number of rotatable bonds is 0. The minimum Gasteiger partial charge on any atom is -0.759 e. The van der Waals surface area contributed by atoms with Crippen molar-refractivity contribution in [2.24, 2.45) is 0 Å². The van der Waals surface area contributed by atoms with Crippen molar-refractivity contribution in [1.82, 2.24) is 0 Å². The van der Waals surface area contributed by atoms with Crippen molar-refractivity contribution in [3.8, 4) is 0 Å². The fourth-order valence-electron chi connectivity index (χ4n) is 0. The van der Waals surface area contributed by atoms with Crippen LogP contribution >= 0.6 is 0 Å². The molecule has 0 bridgehead atoms. The zero-order chi connectivity index (χ0) is 4.50. The van der Waals surface area contributed by atoms with Gasteiger partial charge in [0.05, 0.1) is 0 Å². The molecular formula is MnO4S-2. The molecule has 0 fully saturated rings. The van der Waals surface area contributed by atoms with Gasteiger partial charge < -0.3 is 9.11 Å². The average molecular weight is 151 g/mol. The van der Waals surface area contributed by atoms with Crippen molar-refractivity contribution in [3.05, 3.63) is 0 Å². The number of hydrogen-bond acceptors (Lipinski definition) is 4. The van der Waals surface area contributed by atoms with E-state index in [0.717, 1.165) is 0 Å². The summed E-state index contributed by atoms with van der Waals surface area (Å²) in [6.45, 7) is 0. The minimum atomic E-state index is -5.17. The van der Waals surface area contributed by atoms with Crippen LogP contribution in [0.25, 0.3) is 0 Å². The summed E-state index contributed by atoms with van der Waals surface area (Å²) in [6, 6.07) is 0. The Labute approximate surface area is 45.6 Å². The first-order valence-corrected chi connectivity index (χ1v) is 2.00. The van der Waals surface area contributed by atoms with E-state index in [1.807, 2.05) is 0 Å². The molecule has 0 saturated carbocycles. The zero-order valence-corrected chi connectivity index (χ0v) is 4.42. The Balaban J connectivity index is 0. The fraction of sp³-hybridized carbons (Fsp3) is 0. The summed E-state index contributed by atoms with van der Waals surface area (Å²) in [6.07, 6.45) is 0. The van der Waals surface area contributed by atoms with Gasteiger partial charge in [-0.25, -0.2) is 0 Å². The molecule has 6 heteroatoms. The van der Waals surface area contributed by atoms with E-state index in [9.17, 15) is 0 Å². The van der Waals surface area contributed by atoms with Crippen molar-refractivity contribution in [2.45, 2.75) is 0 Å². The molecule has 39 valence electrons. The van der Waals surface area contributed by atoms with E-state index < -0.39 is 10.4 Å². The van der Waals surface area contributed by atoms with E-state index in [-0.39, 0.29) is 17.1 Å². The van der Waals surface area contributed by atoms with Gasteiger partial charge in [-0.05, 0) is 0 Å². The van der Waals surface area contributed by atoms with Gasteiger partial charge in [0.2, 0.25) is 0 Å². The monoisotopic (exact) mass is 151 g/mol. The first kappa shape index (κ1) is 9.63. The molecule has 0 heterocycles. The smallest absolute Gasteiger partial charge is 0.0311 e. The van der Waals surface area contributed by atoms with Gasteiger partial charge >= 0.3 is 0 Å². The normalized spacial score (nSPS) is 9.67. The second-order valence-electron chi connectivity index (χ2n) is 0.408. The molecule has 0 aromatic carbocycles. The molecule has 0 aromatic rings. The van der Waals surface area contributed by atoms with Gasteiger partial charge in [-0.3, -0.25) is 8.42 Å². The van der Waals surface area contributed by atoms with Crippen LogP contribution in [-0.2, 0) is 27.5 Å². The Hall–Kier alpha value is 0.389. The van der Waals surface area contributed by atoms with Crippen molar-refractivity contribution in [3.63, 3.8) is 0 Å². The van der Waals surface area contributed by atoms with Gasteiger partial charge in [-0.1, -0.05) is 0 Å². The van der Waals surface area contributed by atoms with E-state index in [1.165, 1.54) is 0 Å². The second kappa shape index (κ2) is 2.54. The predicted molar refractivity (Wildman–Crippen MR) is 10.5 cm³/mol. The molecule has 1 radical (unpaired) electrons. The molecule has 0 unspecified atom stereocenters. The van der Waals surface area contributed by atoms with Gasteiger partial charge in [-0.15, -0.1) is 0 Å². The summed E-state index contributed by atoms with van der Waals surface area (Å²) in [5, 5.41) is 0. The Morgan fingerprint density at radius 3 is 1.17 bits per heavy atom. The summed E-state index contributed by atoms with van der Waals surface area (Å²) in [5.74, 6) is 0. The maximum atomic E-state index is 8.52. The van der Waals surface area contributed by atoms with Crippen LogP contribution in [0.1, 0.15) is 0 Å². The molecule has 0 saturated heterocycles. The molecule has 0 aliphatic rings. The molecule has 0 rings (SSSR count). The maximum Gasteiger partial charge on any atom is 0.0311 e. The standard InChI is InChI=1S/Mn.H2O4S/c;1-5(2,3)4/h;(H2,1,2,3,4)/p-2. The molecule has 0 atom stereocenters. The Morgan fingerprint density at radius 2 is 1.17 bits per heavy atom.